The molecule has 0 atom stereocenters. The SMILES string of the molecule is CN(Cc1ccccc1)S(=O)(=O)c1ccc(OCc2nnc(N)s2)cc1. The van der Waals surface area contributed by atoms with Crippen LogP contribution in [0.25, 0.3) is 0 Å². The van der Waals surface area contributed by atoms with Crippen molar-refractivity contribution in [3.05, 3.63) is 65.2 Å². The molecule has 136 valence electrons. The van der Waals surface area contributed by atoms with E-state index in [1.807, 2.05) is 30.3 Å². The van der Waals surface area contributed by atoms with Gasteiger partial charge in [0.05, 0.1) is 4.90 Å². The van der Waals surface area contributed by atoms with Gasteiger partial charge in [0.15, 0.2) is 5.01 Å². The predicted molar refractivity (Wildman–Crippen MR) is 100 cm³/mol. The zero-order valence-corrected chi connectivity index (χ0v) is 15.7. The number of benzene rings is 2. The summed E-state index contributed by atoms with van der Waals surface area (Å²) in [5, 5.41) is 8.61. The lowest BCUT2D eigenvalue weighted by Gasteiger charge is -2.17. The molecule has 0 spiro atoms. The van der Waals surface area contributed by atoms with Gasteiger partial charge in [-0.1, -0.05) is 41.7 Å². The van der Waals surface area contributed by atoms with Gasteiger partial charge in [0, 0.05) is 13.6 Å². The topological polar surface area (TPSA) is 98.4 Å². The van der Waals surface area contributed by atoms with E-state index in [1.165, 1.54) is 27.8 Å². The Bertz CT molecular complexity index is 957. The molecule has 7 nitrogen and oxygen atoms in total. The Hall–Kier alpha value is -2.49. The number of aromatic nitrogens is 2. The molecule has 3 rings (SSSR count). The van der Waals surface area contributed by atoms with E-state index in [9.17, 15) is 8.42 Å². The van der Waals surface area contributed by atoms with Crippen LogP contribution in [0.3, 0.4) is 0 Å². The van der Waals surface area contributed by atoms with E-state index in [1.54, 1.807) is 19.2 Å². The molecule has 0 saturated heterocycles. The summed E-state index contributed by atoms with van der Waals surface area (Å²) in [6.07, 6.45) is 0. The Morgan fingerprint density at radius 2 is 1.77 bits per heavy atom. The zero-order valence-electron chi connectivity index (χ0n) is 14.1. The van der Waals surface area contributed by atoms with E-state index in [-0.39, 0.29) is 11.5 Å². The van der Waals surface area contributed by atoms with Crippen molar-refractivity contribution in [2.75, 3.05) is 12.8 Å². The molecule has 26 heavy (non-hydrogen) atoms. The molecule has 2 N–H and O–H groups in total. The van der Waals surface area contributed by atoms with Crippen molar-refractivity contribution >= 4 is 26.5 Å². The molecular formula is C17H18N4O3S2. The maximum Gasteiger partial charge on any atom is 0.243 e. The minimum atomic E-state index is -3.58. The Balaban J connectivity index is 1.66. The molecule has 0 aliphatic carbocycles. The van der Waals surface area contributed by atoms with Gasteiger partial charge in [-0.05, 0) is 29.8 Å². The van der Waals surface area contributed by atoms with Crippen LogP contribution in [-0.2, 0) is 23.2 Å². The third-order valence-electron chi connectivity index (χ3n) is 3.62. The fraction of sp³-hybridized carbons (Fsp3) is 0.176. The van der Waals surface area contributed by atoms with Gasteiger partial charge in [0.25, 0.3) is 0 Å². The van der Waals surface area contributed by atoms with Gasteiger partial charge < -0.3 is 10.5 Å². The van der Waals surface area contributed by atoms with Crippen LogP contribution in [0.2, 0.25) is 0 Å². The average molecular weight is 390 g/mol. The van der Waals surface area contributed by atoms with Crippen molar-refractivity contribution in [3.63, 3.8) is 0 Å². The molecule has 0 amide bonds. The highest BCUT2D eigenvalue weighted by atomic mass is 32.2. The van der Waals surface area contributed by atoms with Crippen LogP contribution in [0.5, 0.6) is 5.75 Å². The van der Waals surface area contributed by atoms with Crippen LogP contribution in [0, 0.1) is 0 Å². The number of anilines is 1. The summed E-state index contributed by atoms with van der Waals surface area (Å²) in [4.78, 5) is 0.212. The monoisotopic (exact) mass is 390 g/mol. The van der Waals surface area contributed by atoms with Crippen LogP contribution in [0.4, 0.5) is 5.13 Å². The summed E-state index contributed by atoms with van der Waals surface area (Å²) in [6.45, 7) is 0.536. The second kappa shape index (κ2) is 7.81. The molecule has 0 unspecified atom stereocenters. The Labute approximate surface area is 156 Å². The predicted octanol–water partition coefficient (Wildman–Crippen LogP) is 2.52. The number of sulfonamides is 1. The number of hydrogen-bond acceptors (Lipinski definition) is 7. The van der Waals surface area contributed by atoms with Crippen molar-refractivity contribution < 1.29 is 13.2 Å². The molecule has 2 aromatic carbocycles. The van der Waals surface area contributed by atoms with Crippen LogP contribution in [0.15, 0.2) is 59.5 Å². The van der Waals surface area contributed by atoms with Gasteiger partial charge >= 0.3 is 0 Å². The summed E-state index contributed by atoms with van der Waals surface area (Å²) in [6, 6.07) is 15.7. The third kappa shape index (κ3) is 4.37. The normalized spacial score (nSPS) is 11.6. The molecule has 0 bridgehead atoms. The van der Waals surface area contributed by atoms with Gasteiger partial charge in [-0.15, -0.1) is 10.2 Å². The quantitative estimate of drug-likeness (QED) is 0.666. The highest BCUT2D eigenvalue weighted by molar-refractivity contribution is 7.89. The summed E-state index contributed by atoms with van der Waals surface area (Å²) in [7, 11) is -2.01. The fourth-order valence-corrected chi connectivity index (χ4v) is 3.96. The molecule has 3 aromatic rings. The molecule has 0 fully saturated rings. The zero-order chi connectivity index (χ0) is 18.6. The Morgan fingerprint density at radius 3 is 2.38 bits per heavy atom. The first-order valence-electron chi connectivity index (χ1n) is 7.76. The average Bonchev–Trinajstić information content (AvgIpc) is 3.06. The lowest BCUT2D eigenvalue weighted by molar-refractivity contribution is 0.304. The van der Waals surface area contributed by atoms with Gasteiger partial charge in [-0.2, -0.15) is 4.31 Å². The van der Waals surface area contributed by atoms with Crippen molar-refractivity contribution in [2.24, 2.45) is 0 Å². The third-order valence-corrected chi connectivity index (χ3v) is 6.17. The molecule has 9 heteroatoms. The first kappa shape index (κ1) is 18.3. The van der Waals surface area contributed by atoms with Crippen molar-refractivity contribution in [3.8, 4) is 5.75 Å². The van der Waals surface area contributed by atoms with Gasteiger partial charge in [0.2, 0.25) is 15.2 Å². The summed E-state index contributed by atoms with van der Waals surface area (Å²) in [5.41, 5.74) is 6.44. The maximum atomic E-state index is 12.7. The summed E-state index contributed by atoms with van der Waals surface area (Å²) < 4.78 is 32.3. The van der Waals surface area contributed by atoms with Gasteiger partial charge in [0.1, 0.15) is 12.4 Å². The summed E-state index contributed by atoms with van der Waals surface area (Å²) >= 11 is 1.25. The molecule has 0 aliphatic rings. The molecule has 1 aromatic heterocycles. The van der Waals surface area contributed by atoms with Gasteiger partial charge in [-0.25, -0.2) is 8.42 Å². The van der Waals surface area contributed by atoms with E-state index in [2.05, 4.69) is 10.2 Å². The Morgan fingerprint density at radius 1 is 1.08 bits per heavy atom. The lowest BCUT2D eigenvalue weighted by Crippen LogP contribution is -2.26. The number of nitrogens with two attached hydrogens (primary N) is 1. The van der Waals surface area contributed by atoms with E-state index in [4.69, 9.17) is 10.5 Å². The first-order valence-corrected chi connectivity index (χ1v) is 10.0. The van der Waals surface area contributed by atoms with Crippen LogP contribution in [-0.4, -0.2) is 30.0 Å². The highest BCUT2D eigenvalue weighted by Crippen LogP contribution is 2.21. The van der Waals surface area contributed by atoms with E-state index in [0.29, 0.717) is 22.4 Å². The minimum absolute atomic E-state index is 0.212. The minimum Gasteiger partial charge on any atom is -0.486 e. The van der Waals surface area contributed by atoms with Gasteiger partial charge in [-0.3, -0.25) is 0 Å². The smallest absolute Gasteiger partial charge is 0.243 e. The fourth-order valence-electron chi connectivity index (χ4n) is 2.28. The molecular weight excluding hydrogens is 372 g/mol. The Kier molecular flexibility index (Phi) is 5.50. The van der Waals surface area contributed by atoms with Crippen LogP contribution >= 0.6 is 11.3 Å². The standard InChI is InChI=1S/C17H18N4O3S2/c1-21(11-13-5-3-2-4-6-13)26(22,23)15-9-7-14(8-10-15)24-12-16-19-20-17(18)25-16/h2-10H,11-12H2,1H3,(H2,18,20). The number of ether oxygens (including phenoxy) is 1. The van der Waals surface area contributed by atoms with E-state index in [0.717, 1.165) is 5.56 Å². The highest BCUT2D eigenvalue weighted by Gasteiger charge is 2.20. The van der Waals surface area contributed by atoms with Crippen molar-refractivity contribution in [1.29, 1.82) is 0 Å². The summed E-state index contributed by atoms with van der Waals surface area (Å²) in [5.74, 6) is 0.545. The number of hydrogen-bond donors (Lipinski definition) is 1. The van der Waals surface area contributed by atoms with Crippen LogP contribution in [0.1, 0.15) is 10.6 Å². The second-order valence-corrected chi connectivity index (χ2v) is 8.68. The van der Waals surface area contributed by atoms with E-state index < -0.39 is 10.0 Å². The number of rotatable bonds is 7. The maximum absolute atomic E-state index is 12.7. The first-order chi connectivity index (χ1) is 12.4. The van der Waals surface area contributed by atoms with Crippen LogP contribution < -0.4 is 10.5 Å². The number of nitrogen functional groups attached to an aromatic ring is 1. The lowest BCUT2D eigenvalue weighted by atomic mass is 10.2. The van der Waals surface area contributed by atoms with E-state index >= 15 is 0 Å². The van der Waals surface area contributed by atoms with Crippen molar-refractivity contribution in [2.45, 2.75) is 18.0 Å². The second-order valence-electron chi connectivity index (χ2n) is 5.54. The molecule has 1 heterocycles. The molecule has 0 aliphatic heterocycles. The van der Waals surface area contributed by atoms with Crippen molar-refractivity contribution in [1.82, 2.24) is 14.5 Å². The largest absolute Gasteiger partial charge is 0.486 e. The molecule has 0 saturated carbocycles. The number of nitrogens with zero attached hydrogens (tertiary/aromatic N) is 3. The molecule has 0 radical (unpaired) electrons.